The fraction of sp³-hybridized carbons (Fsp3) is 0.176. The maximum atomic E-state index is 14.2. The van der Waals surface area contributed by atoms with Crippen molar-refractivity contribution in [1.29, 1.82) is 0 Å². The molecule has 1 heterocycles. The second-order valence-electron chi connectivity index (χ2n) is 4.84. The molecule has 1 unspecified atom stereocenters. The van der Waals surface area contributed by atoms with Gasteiger partial charge in [0.15, 0.2) is 0 Å². The van der Waals surface area contributed by atoms with Gasteiger partial charge in [-0.05, 0) is 30.8 Å². The van der Waals surface area contributed by atoms with Crippen molar-refractivity contribution in [3.05, 3.63) is 70.7 Å². The van der Waals surface area contributed by atoms with Crippen molar-refractivity contribution in [2.45, 2.75) is 13.0 Å². The SMILES string of the molecule is CCNC(c1cc2ccccc2o1)c1ccc(Cl)cc1F. The molecule has 4 heteroatoms. The minimum Gasteiger partial charge on any atom is -0.459 e. The molecular formula is C17H15ClFNO. The highest BCUT2D eigenvalue weighted by Gasteiger charge is 2.21. The van der Waals surface area contributed by atoms with Gasteiger partial charge in [0.1, 0.15) is 17.2 Å². The monoisotopic (exact) mass is 303 g/mol. The lowest BCUT2D eigenvalue weighted by atomic mass is 10.0. The Balaban J connectivity index is 2.08. The maximum Gasteiger partial charge on any atom is 0.134 e. The van der Waals surface area contributed by atoms with Gasteiger partial charge < -0.3 is 9.73 Å². The molecule has 1 atom stereocenters. The fourth-order valence-electron chi connectivity index (χ4n) is 2.45. The quantitative estimate of drug-likeness (QED) is 0.739. The Morgan fingerprint density at radius 3 is 2.71 bits per heavy atom. The number of rotatable bonds is 4. The zero-order valence-corrected chi connectivity index (χ0v) is 12.3. The average molecular weight is 304 g/mol. The molecule has 0 aliphatic heterocycles. The van der Waals surface area contributed by atoms with E-state index in [9.17, 15) is 4.39 Å². The van der Waals surface area contributed by atoms with Crippen molar-refractivity contribution in [2.75, 3.05) is 6.54 Å². The van der Waals surface area contributed by atoms with Crippen molar-refractivity contribution in [3.8, 4) is 0 Å². The van der Waals surface area contributed by atoms with Gasteiger partial charge in [0.25, 0.3) is 0 Å². The van der Waals surface area contributed by atoms with Gasteiger partial charge in [0, 0.05) is 16.0 Å². The van der Waals surface area contributed by atoms with E-state index in [4.69, 9.17) is 16.0 Å². The van der Waals surface area contributed by atoms with E-state index < -0.39 is 0 Å². The first kappa shape index (κ1) is 14.1. The minimum atomic E-state index is -0.339. The molecule has 0 bridgehead atoms. The van der Waals surface area contributed by atoms with E-state index in [1.54, 1.807) is 12.1 Å². The van der Waals surface area contributed by atoms with Crippen molar-refractivity contribution < 1.29 is 8.81 Å². The lowest BCUT2D eigenvalue weighted by molar-refractivity contribution is 0.462. The highest BCUT2D eigenvalue weighted by Crippen LogP contribution is 2.30. The van der Waals surface area contributed by atoms with Gasteiger partial charge in [-0.3, -0.25) is 0 Å². The first-order valence-corrected chi connectivity index (χ1v) is 7.23. The predicted molar refractivity (Wildman–Crippen MR) is 83.1 cm³/mol. The van der Waals surface area contributed by atoms with Crippen LogP contribution >= 0.6 is 11.6 Å². The molecule has 0 saturated carbocycles. The first-order valence-electron chi connectivity index (χ1n) is 6.86. The number of hydrogen-bond donors (Lipinski definition) is 1. The molecule has 2 aromatic carbocycles. The highest BCUT2D eigenvalue weighted by atomic mass is 35.5. The largest absolute Gasteiger partial charge is 0.459 e. The van der Waals surface area contributed by atoms with Crippen LogP contribution in [-0.4, -0.2) is 6.54 Å². The topological polar surface area (TPSA) is 25.2 Å². The lowest BCUT2D eigenvalue weighted by Gasteiger charge is -2.16. The zero-order valence-electron chi connectivity index (χ0n) is 11.6. The Kier molecular flexibility index (Phi) is 3.95. The third-order valence-electron chi connectivity index (χ3n) is 3.41. The summed E-state index contributed by atoms with van der Waals surface area (Å²) < 4.78 is 20.1. The molecule has 0 spiro atoms. The van der Waals surface area contributed by atoms with Crippen LogP contribution < -0.4 is 5.32 Å². The van der Waals surface area contributed by atoms with Gasteiger partial charge in [-0.1, -0.05) is 42.8 Å². The van der Waals surface area contributed by atoms with Crippen LogP contribution in [0.25, 0.3) is 11.0 Å². The third-order valence-corrected chi connectivity index (χ3v) is 3.65. The van der Waals surface area contributed by atoms with E-state index in [1.165, 1.54) is 6.07 Å². The molecule has 0 saturated heterocycles. The van der Waals surface area contributed by atoms with E-state index in [2.05, 4.69) is 5.32 Å². The van der Waals surface area contributed by atoms with E-state index in [0.29, 0.717) is 22.9 Å². The lowest BCUT2D eigenvalue weighted by Crippen LogP contribution is -2.22. The second-order valence-corrected chi connectivity index (χ2v) is 5.28. The van der Waals surface area contributed by atoms with Crippen molar-refractivity contribution in [3.63, 3.8) is 0 Å². The summed E-state index contributed by atoms with van der Waals surface area (Å²) in [5, 5.41) is 4.65. The zero-order chi connectivity index (χ0) is 14.8. The Morgan fingerprint density at radius 2 is 2.00 bits per heavy atom. The van der Waals surface area contributed by atoms with Gasteiger partial charge in [0.05, 0.1) is 6.04 Å². The highest BCUT2D eigenvalue weighted by molar-refractivity contribution is 6.30. The van der Waals surface area contributed by atoms with Gasteiger partial charge >= 0.3 is 0 Å². The Hall–Kier alpha value is -1.84. The first-order chi connectivity index (χ1) is 10.2. The average Bonchev–Trinajstić information content (AvgIpc) is 2.89. The van der Waals surface area contributed by atoms with Crippen LogP contribution in [0.5, 0.6) is 0 Å². The fourth-order valence-corrected chi connectivity index (χ4v) is 2.61. The van der Waals surface area contributed by atoms with Crippen LogP contribution in [0.1, 0.15) is 24.3 Å². The van der Waals surface area contributed by atoms with Crippen LogP contribution in [0.3, 0.4) is 0 Å². The molecule has 2 nitrogen and oxygen atoms in total. The van der Waals surface area contributed by atoms with E-state index in [0.717, 1.165) is 11.0 Å². The molecule has 21 heavy (non-hydrogen) atoms. The van der Waals surface area contributed by atoms with E-state index >= 15 is 0 Å². The summed E-state index contributed by atoms with van der Waals surface area (Å²) >= 11 is 5.83. The number of para-hydroxylation sites is 1. The number of benzene rings is 2. The van der Waals surface area contributed by atoms with Crippen molar-refractivity contribution >= 4 is 22.6 Å². The molecule has 1 aromatic heterocycles. The van der Waals surface area contributed by atoms with Crippen molar-refractivity contribution in [2.24, 2.45) is 0 Å². The molecule has 0 radical (unpaired) electrons. The third kappa shape index (κ3) is 2.80. The number of hydrogen-bond acceptors (Lipinski definition) is 2. The molecular weight excluding hydrogens is 289 g/mol. The molecule has 108 valence electrons. The summed E-state index contributed by atoms with van der Waals surface area (Å²) in [4.78, 5) is 0. The number of fused-ring (bicyclic) bond motifs is 1. The summed E-state index contributed by atoms with van der Waals surface area (Å²) in [5.74, 6) is 0.355. The van der Waals surface area contributed by atoms with Crippen LogP contribution in [0.2, 0.25) is 5.02 Å². The number of halogens is 2. The Labute approximate surface area is 127 Å². The van der Waals surface area contributed by atoms with E-state index in [1.807, 2.05) is 37.3 Å². The molecule has 0 fully saturated rings. The summed E-state index contributed by atoms with van der Waals surface area (Å²) in [5.41, 5.74) is 1.32. The van der Waals surface area contributed by atoms with Gasteiger partial charge in [-0.2, -0.15) is 0 Å². The molecule has 3 rings (SSSR count). The summed E-state index contributed by atoms with van der Waals surface area (Å²) in [6.45, 7) is 2.67. The van der Waals surface area contributed by atoms with Crippen molar-refractivity contribution in [1.82, 2.24) is 5.32 Å². The molecule has 0 amide bonds. The number of furan rings is 1. The summed E-state index contributed by atoms with van der Waals surface area (Å²) in [7, 11) is 0. The summed E-state index contributed by atoms with van der Waals surface area (Å²) in [6.07, 6.45) is 0. The molecule has 3 aromatic rings. The van der Waals surface area contributed by atoms with Gasteiger partial charge in [0.2, 0.25) is 0 Å². The second kappa shape index (κ2) is 5.88. The normalized spacial score (nSPS) is 12.7. The van der Waals surface area contributed by atoms with Crippen LogP contribution in [-0.2, 0) is 0 Å². The minimum absolute atomic E-state index is 0.334. The van der Waals surface area contributed by atoms with Crippen LogP contribution in [0, 0.1) is 5.82 Å². The van der Waals surface area contributed by atoms with Crippen LogP contribution in [0.4, 0.5) is 4.39 Å². The maximum absolute atomic E-state index is 14.2. The van der Waals surface area contributed by atoms with Gasteiger partial charge in [-0.15, -0.1) is 0 Å². The summed E-state index contributed by atoms with van der Waals surface area (Å²) in [6, 6.07) is 14.1. The standard InChI is InChI=1S/C17H15ClFNO/c1-2-20-17(13-8-7-12(18)10-14(13)19)16-9-11-5-3-4-6-15(11)21-16/h3-10,17,20H,2H2,1H3. The van der Waals surface area contributed by atoms with E-state index in [-0.39, 0.29) is 11.9 Å². The predicted octanol–water partition coefficient (Wildman–Crippen LogP) is 4.92. The molecule has 0 aliphatic carbocycles. The van der Waals surface area contributed by atoms with Gasteiger partial charge in [-0.25, -0.2) is 4.39 Å². The van der Waals surface area contributed by atoms with Crippen LogP contribution in [0.15, 0.2) is 52.9 Å². The number of nitrogens with one attached hydrogen (secondary N) is 1. The Morgan fingerprint density at radius 1 is 1.19 bits per heavy atom. The molecule has 1 N–H and O–H groups in total. The smallest absolute Gasteiger partial charge is 0.134 e. The Bertz CT molecular complexity index is 735. The molecule has 0 aliphatic rings.